The minimum atomic E-state index is -0.414. The number of hydrogen-bond acceptors (Lipinski definition) is 2. The highest BCUT2D eigenvalue weighted by Gasteiger charge is 2.30. The number of nitrogens with zero attached hydrogens (tertiary/aromatic N) is 2. The van der Waals surface area contributed by atoms with E-state index in [2.05, 4.69) is 4.57 Å². The molecule has 1 atom stereocenters. The van der Waals surface area contributed by atoms with Gasteiger partial charge in [-0.2, -0.15) is 0 Å². The van der Waals surface area contributed by atoms with E-state index in [-0.39, 0.29) is 6.09 Å². The Hall–Kier alpha value is -1.45. The number of aromatic nitrogens is 1. The van der Waals surface area contributed by atoms with Crippen molar-refractivity contribution in [3.63, 3.8) is 0 Å². The standard InChI is InChI=1S/C13H20N2O2/c1-13(2,3)17-12(16)15-9-6-11(10-15)14-7-4-5-8-14/h4-5,7-8,11H,6,9-10H2,1-3H3. The van der Waals surface area contributed by atoms with E-state index in [4.69, 9.17) is 4.74 Å². The van der Waals surface area contributed by atoms with Gasteiger partial charge in [-0.05, 0) is 39.3 Å². The molecule has 1 saturated heterocycles. The van der Waals surface area contributed by atoms with Crippen LogP contribution in [0.25, 0.3) is 0 Å². The lowest BCUT2D eigenvalue weighted by Gasteiger charge is -2.24. The van der Waals surface area contributed by atoms with Crippen molar-refractivity contribution in [3.05, 3.63) is 24.5 Å². The zero-order valence-corrected chi connectivity index (χ0v) is 10.7. The maximum absolute atomic E-state index is 11.9. The Morgan fingerprint density at radius 2 is 1.94 bits per heavy atom. The van der Waals surface area contributed by atoms with E-state index in [9.17, 15) is 4.79 Å². The fourth-order valence-electron chi connectivity index (χ4n) is 2.07. The van der Waals surface area contributed by atoms with Crippen molar-refractivity contribution in [3.8, 4) is 0 Å². The first kappa shape index (κ1) is 12.0. The summed E-state index contributed by atoms with van der Waals surface area (Å²) in [5.41, 5.74) is -0.414. The van der Waals surface area contributed by atoms with Crippen LogP contribution in [0.4, 0.5) is 4.79 Å². The van der Waals surface area contributed by atoms with Crippen molar-refractivity contribution in [1.82, 2.24) is 9.47 Å². The summed E-state index contributed by atoms with van der Waals surface area (Å²) in [5, 5.41) is 0. The summed E-state index contributed by atoms with van der Waals surface area (Å²) in [5.74, 6) is 0. The molecule has 17 heavy (non-hydrogen) atoms. The number of carbonyl (C=O) groups is 1. The summed E-state index contributed by atoms with van der Waals surface area (Å²) < 4.78 is 7.52. The van der Waals surface area contributed by atoms with Crippen molar-refractivity contribution in [2.45, 2.75) is 38.8 Å². The second-order valence-electron chi connectivity index (χ2n) is 5.50. The predicted molar refractivity (Wildman–Crippen MR) is 65.9 cm³/mol. The minimum absolute atomic E-state index is 0.202. The van der Waals surface area contributed by atoms with Crippen LogP contribution in [0.15, 0.2) is 24.5 Å². The molecule has 0 spiro atoms. The first-order valence-corrected chi connectivity index (χ1v) is 6.06. The maximum Gasteiger partial charge on any atom is 0.410 e. The Morgan fingerprint density at radius 1 is 1.29 bits per heavy atom. The van der Waals surface area contributed by atoms with Crippen molar-refractivity contribution in [2.75, 3.05) is 13.1 Å². The van der Waals surface area contributed by atoms with E-state index < -0.39 is 5.60 Å². The monoisotopic (exact) mass is 236 g/mol. The lowest BCUT2D eigenvalue weighted by atomic mass is 10.2. The highest BCUT2D eigenvalue weighted by molar-refractivity contribution is 5.68. The van der Waals surface area contributed by atoms with Gasteiger partial charge in [0.1, 0.15) is 5.60 Å². The second-order valence-corrected chi connectivity index (χ2v) is 5.50. The van der Waals surface area contributed by atoms with Crippen LogP contribution in [0.5, 0.6) is 0 Å². The van der Waals surface area contributed by atoms with Crippen LogP contribution >= 0.6 is 0 Å². The first-order valence-electron chi connectivity index (χ1n) is 6.06. The SMILES string of the molecule is CC(C)(C)OC(=O)N1CCC(n2cccc2)C1. The van der Waals surface area contributed by atoms with Crippen molar-refractivity contribution >= 4 is 6.09 Å². The summed E-state index contributed by atoms with van der Waals surface area (Å²) in [6.45, 7) is 7.19. The van der Waals surface area contributed by atoms with E-state index >= 15 is 0 Å². The Balaban J connectivity index is 1.92. The quantitative estimate of drug-likeness (QED) is 0.751. The van der Waals surface area contributed by atoms with E-state index in [1.54, 1.807) is 4.90 Å². The normalized spacial score (nSPS) is 20.6. The molecule has 1 unspecified atom stereocenters. The fourth-order valence-corrected chi connectivity index (χ4v) is 2.07. The molecule has 1 aromatic heterocycles. The zero-order chi connectivity index (χ0) is 12.5. The molecule has 2 rings (SSSR count). The Labute approximate surface area is 102 Å². The molecule has 0 aliphatic carbocycles. The Kier molecular flexibility index (Phi) is 3.13. The molecular weight excluding hydrogens is 216 g/mol. The van der Waals surface area contributed by atoms with Gasteiger partial charge in [-0.1, -0.05) is 0 Å². The topological polar surface area (TPSA) is 34.5 Å². The second kappa shape index (κ2) is 4.43. The van der Waals surface area contributed by atoms with Gasteiger partial charge in [-0.25, -0.2) is 4.79 Å². The zero-order valence-electron chi connectivity index (χ0n) is 10.7. The molecule has 4 heteroatoms. The highest BCUT2D eigenvalue weighted by Crippen LogP contribution is 2.23. The number of ether oxygens (including phenoxy) is 1. The average Bonchev–Trinajstić information content (AvgIpc) is 2.86. The summed E-state index contributed by atoms with van der Waals surface area (Å²) in [7, 11) is 0. The van der Waals surface area contributed by atoms with Crippen LogP contribution in [0.1, 0.15) is 33.2 Å². The molecule has 1 aliphatic heterocycles. The highest BCUT2D eigenvalue weighted by atomic mass is 16.6. The summed E-state index contributed by atoms with van der Waals surface area (Å²) >= 11 is 0. The predicted octanol–water partition coefficient (Wildman–Crippen LogP) is 2.67. The number of rotatable bonds is 1. The molecule has 1 amide bonds. The fraction of sp³-hybridized carbons (Fsp3) is 0.615. The van der Waals surface area contributed by atoms with Crippen LogP contribution in [0, 0.1) is 0 Å². The Morgan fingerprint density at radius 3 is 2.53 bits per heavy atom. The molecule has 1 aromatic rings. The molecule has 0 radical (unpaired) electrons. The third-order valence-electron chi connectivity index (χ3n) is 2.86. The molecule has 1 fully saturated rings. The molecule has 0 saturated carbocycles. The van der Waals surface area contributed by atoms with Crippen LogP contribution in [-0.2, 0) is 4.74 Å². The van der Waals surface area contributed by atoms with Crippen LogP contribution in [-0.4, -0.2) is 34.3 Å². The lowest BCUT2D eigenvalue weighted by Crippen LogP contribution is -2.35. The summed E-state index contributed by atoms with van der Waals surface area (Å²) in [6.07, 6.45) is 4.88. The molecule has 0 bridgehead atoms. The molecule has 94 valence electrons. The van der Waals surface area contributed by atoms with Gasteiger partial charge in [-0.15, -0.1) is 0 Å². The lowest BCUT2D eigenvalue weighted by molar-refractivity contribution is 0.0289. The third-order valence-corrected chi connectivity index (χ3v) is 2.86. The van der Waals surface area contributed by atoms with Gasteiger partial charge in [0.15, 0.2) is 0 Å². The minimum Gasteiger partial charge on any atom is -0.444 e. The summed E-state index contributed by atoms with van der Waals surface area (Å²) in [6, 6.07) is 4.41. The largest absolute Gasteiger partial charge is 0.444 e. The number of hydrogen-bond donors (Lipinski definition) is 0. The number of amides is 1. The molecule has 1 aliphatic rings. The first-order chi connectivity index (χ1) is 7.96. The van der Waals surface area contributed by atoms with Crippen LogP contribution in [0.2, 0.25) is 0 Å². The molecule has 0 aromatic carbocycles. The van der Waals surface area contributed by atoms with Gasteiger partial charge < -0.3 is 14.2 Å². The van der Waals surface area contributed by atoms with E-state index in [0.717, 1.165) is 19.5 Å². The van der Waals surface area contributed by atoms with Gasteiger partial charge in [0, 0.05) is 25.5 Å². The molecule has 0 N–H and O–H groups in total. The summed E-state index contributed by atoms with van der Waals surface area (Å²) in [4.78, 5) is 13.7. The van der Waals surface area contributed by atoms with Crippen LogP contribution in [0.3, 0.4) is 0 Å². The van der Waals surface area contributed by atoms with E-state index in [0.29, 0.717) is 6.04 Å². The average molecular weight is 236 g/mol. The molecular formula is C13H20N2O2. The van der Waals surface area contributed by atoms with Crippen LogP contribution < -0.4 is 0 Å². The maximum atomic E-state index is 11.9. The van der Waals surface area contributed by atoms with Gasteiger partial charge in [-0.3, -0.25) is 0 Å². The van der Waals surface area contributed by atoms with Crippen molar-refractivity contribution < 1.29 is 9.53 Å². The van der Waals surface area contributed by atoms with E-state index in [1.165, 1.54) is 0 Å². The van der Waals surface area contributed by atoms with Gasteiger partial charge in [0.05, 0.1) is 6.04 Å². The van der Waals surface area contributed by atoms with Gasteiger partial charge in [0.25, 0.3) is 0 Å². The smallest absolute Gasteiger partial charge is 0.410 e. The van der Waals surface area contributed by atoms with Crippen molar-refractivity contribution in [2.24, 2.45) is 0 Å². The molecule has 2 heterocycles. The van der Waals surface area contributed by atoms with Crippen molar-refractivity contribution in [1.29, 1.82) is 0 Å². The van der Waals surface area contributed by atoms with Gasteiger partial charge >= 0.3 is 6.09 Å². The molecule has 4 nitrogen and oxygen atoms in total. The Bertz CT molecular complexity index is 379. The number of likely N-dealkylation sites (tertiary alicyclic amines) is 1. The van der Waals surface area contributed by atoms with Gasteiger partial charge in [0.2, 0.25) is 0 Å². The number of carbonyl (C=O) groups excluding carboxylic acids is 1. The van der Waals surface area contributed by atoms with E-state index in [1.807, 2.05) is 45.3 Å². The third kappa shape index (κ3) is 3.02.